The number of hydrogen-bond donors (Lipinski definition) is 2. The minimum absolute atomic E-state index is 0.132. The summed E-state index contributed by atoms with van der Waals surface area (Å²) >= 11 is 3.13. The summed E-state index contributed by atoms with van der Waals surface area (Å²) in [6, 6.07) is 15.9. The first-order chi connectivity index (χ1) is 15.2. The minimum Gasteiger partial charge on any atom is -0.377 e. The van der Waals surface area contributed by atoms with Gasteiger partial charge in [0.2, 0.25) is 0 Å². The third kappa shape index (κ3) is 4.26. The fourth-order valence-electron chi connectivity index (χ4n) is 3.96. The Morgan fingerprint density at radius 3 is 2.97 bits per heavy atom. The van der Waals surface area contributed by atoms with Crippen molar-refractivity contribution in [3.05, 3.63) is 65.2 Å². The van der Waals surface area contributed by atoms with Crippen molar-refractivity contribution >= 4 is 45.0 Å². The van der Waals surface area contributed by atoms with E-state index >= 15 is 0 Å². The average molecular weight is 450 g/mol. The Hall–Kier alpha value is -2.61. The molecule has 2 aromatic heterocycles. The summed E-state index contributed by atoms with van der Waals surface area (Å²) in [6.07, 6.45) is 2.49. The molecule has 0 radical (unpaired) electrons. The molecule has 158 valence electrons. The molecule has 7 heteroatoms. The van der Waals surface area contributed by atoms with E-state index < -0.39 is 0 Å². The van der Waals surface area contributed by atoms with Crippen LogP contribution in [0.5, 0.6) is 0 Å². The third-order valence-corrected chi connectivity index (χ3v) is 7.42. The van der Waals surface area contributed by atoms with Gasteiger partial charge in [-0.1, -0.05) is 30.3 Å². The third-order valence-electron chi connectivity index (χ3n) is 5.45. The smallest absolute Gasteiger partial charge is 0.258 e. The number of carbonyl (C=O) groups excluding carboxylic acids is 1. The summed E-state index contributed by atoms with van der Waals surface area (Å²) in [4.78, 5) is 22.1. The Morgan fingerprint density at radius 2 is 2.10 bits per heavy atom. The number of amides is 1. The number of rotatable bonds is 6. The number of nitrogens with zero attached hydrogens (tertiary/aromatic N) is 1. The molecule has 5 nitrogen and oxygen atoms in total. The van der Waals surface area contributed by atoms with Gasteiger partial charge in [0.1, 0.15) is 0 Å². The zero-order valence-electron chi connectivity index (χ0n) is 17.2. The van der Waals surface area contributed by atoms with E-state index in [1.165, 1.54) is 11.3 Å². The lowest BCUT2D eigenvalue weighted by Crippen LogP contribution is -2.14. The molecule has 31 heavy (non-hydrogen) atoms. The highest BCUT2D eigenvalue weighted by Gasteiger charge is 2.19. The predicted octanol–water partition coefficient (Wildman–Crippen LogP) is 6.12. The van der Waals surface area contributed by atoms with E-state index in [1.54, 1.807) is 11.8 Å². The number of H-pyrrole nitrogens is 1. The number of fused-ring (bicyclic) bond motifs is 1. The van der Waals surface area contributed by atoms with Crippen LogP contribution in [0.2, 0.25) is 0 Å². The molecule has 1 amide bonds. The van der Waals surface area contributed by atoms with Crippen molar-refractivity contribution in [2.24, 2.45) is 0 Å². The van der Waals surface area contributed by atoms with Gasteiger partial charge in [0, 0.05) is 44.8 Å². The number of thiazole rings is 1. The Bertz CT molecular complexity index is 1220. The number of nitrogens with one attached hydrogen (secondary N) is 2. The molecule has 0 aliphatic carbocycles. The van der Waals surface area contributed by atoms with Crippen LogP contribution in [0.4, 0.5) is 5.13 Å². The quantitative estimate of drug-likeness (QED) is 0.348. The Morgan fingerprint density at radius 1 is 1.26 bits per heavy atom. The Labute approximate surface area is 189 Å². The van der Waals surface area contributed by atoms with Gasteiger partial charge >= 0.3 is 0 Å². The van der Waals surface area contributed by atoms with Crippen molar-refractivity contribution in [3.8, 4) is 11.3 Å². The highest BCUT2D eigenvalue weighted by Crippen LogP contribution is 2.34. The van der Waals surface area contributed by atoms with E-state index in [0.717, 1.165) is 58.0 Å². The van der Waals surface area contributed by atoms with Crippen molar-refractivity contribution in [1.82, 2.24) is 9.97 Å². The number of aryl methyl sites for hydroxylation is 1. The van der Waals surface area contributed by atoms with Gasteiger partial charge < -0.3 is 9.72 Å². The van der Waals surface area contributed by atoms with Gasteiger partial charge in [-0.25, -0.2) is 4.98 Å². The van der Waals surface area contributed by atoms with E-state index in [1.807, 2.05) is 41.8 Å². The number of thioether (sulfide) groups is 1. The van der Waals surface area contributed by atoms with Crippen LogP contribution in [-0.4, -0.2) is 34.3 Å². The molecule has 4 aromatic rings. The molecule has 1 aliphatic rings. The number of anilines is 1. The van der Waals surface area contributed by atoms with Gasteiger partial charge in [0.15, 0.2) is 5.13 Å². The molecule has 1 aliphatic heterocycles. The summed E-state index contributed by atoms with van der Waals surface area (Å²) < 4.78 is 5.72. The molecule has 0 saturated carbocycles. The van der Waals surface area contributed by atoms with E-state index in [0.29, 0.717) is 10.7 Å². The summed E-state index contributed by atoms with van der Waals surface area (Å²) in [5, 5.41) is 6.73. The number of ether oxygens (including phenoxy) is 1. The normalized spacial score (nSPS) is 16.1. The van der Waals surface area contributed by atoms with Crippen molar-refractivity contribution < 1.29 is 9.53 Å². The monoisotopic (exact) mass is 449 g/mol. The van der Waals surface area contributed by atoms with Crippen molar-refractivity contribution in [3.63, 3.8) is 0 Å². The Kier molecular flexibility index (Phi) is 5.80. The molecule has 1 saturated heterocycles. The molecule has 0 spiro atoms. The number of aromatic amines is 1. The zero-order valence-corrected chi connectivity index (χ0v) is 18.8. The van der Waals surface area contributed by atoms with E-state index in [4.69, 9.17) is 9.72 Å². The standard InChI is InChI=1S/C24H23N3O2S2/c1-15-22(17-8-2-4-10-19(17)25-15)20-14-31-24(26-20)27-23(28)18-9-3-5-11-21(18)30-13-16-7-6-12-29-16/h2-5,8-11,14,16,25H,6-7,12-13H2,1H3,(H,26,27,28). The average Bonchev–Trinajstić information content (AvgIpc) is 3.52. The minimum atomic E-state index is -0.132. The van der Waals surface area contributed by atoms with Crippen LogP contribution in [0.15, 0.2) is 58.8 Å². The maximum absolute atomic E-state index is 13.0. The molecule has 5 rings (SSSR count). The summed E-state index contributed by atoms with van der Waals surface area (Å²) in [6.45, 7) is 2.89. The number of para-hydroxylation sites is 1. The van der Waals surface area contributed by atoms with Crippen LogP contribution in [0.1, 0.15) is 28.9 Å². The Balaban J connectivity index is 1.34. The van der Waals surface area contributed by atoms with Crippen molar-refractivity contribution in [2.45, 2.75) is 30.8 Å². The number of aromatic nitrogens is 2. The van der Waals surface area contributed by atoms with E-state index in [2.05, 4.69) is 29.4 Å². The zero-order chi connectivity index (χ0) is 21.2. The van der Waals surface area contributed by atoms with Crippen LogP contribution < -0.4 is 5.32 Å². The molecule has 2 N–H and O–H groups in total. The predicted molar refractivity (Wildman–Crippen MR) is 128 cm³/mol. The first kappa shape index (κ1) is 20.3. The van der Waals surface area contributed by atoms with Crippen LogP contribution in [-0.2, 0) is 4.74 Å². The number of hydrogen-bond acceptors (Lipinski definition) is 5. The van der Waals surface area contributed by atoms with Crippen LogP contribution in [0.3, 0.4) is 0 Å². The fourth-order valence-corrected chi connectivity index (χ4v) is 5.77. The molecular weight excluding hydrogens is 426 g/mol. The van der Waals surface area contributed by atoms with Gasteiger partial charge in [-0.2, -0.15) is 0 Å². The maximum Gasteiger partial charge on any atom is 0.258 e. The summed E-state index contributed by atoms with van der Waals surface area (Å²) in [5.41, 5.74) is 4.78. The van der Waals surface area contributed by atoms with Gasteiger partial charge in [-0.3, -0.25) is 10.1 Å². The fraction of sp³-hybridized carbons (Fsp3) is 0.250. The highest BCUT2D eigenvalue weighted by atomic mass is 32.2. The highest BCUT2D eigenvalue weighted by molar-refractivity contribution is 7.99. The van der Waals surface area contributed by atoms with Gasteiger partial charge in [-0.15, -0.1) is 23.1 Å². The largest absolute Gasteiger partial charge is 0.377 e. The lowest BCUT2D eigenvalue weighted by atomic mass is 10.1. The molecule has 0 bridgehead atoms. The first-order valence-electron chi connectivity index (χ1n) is 10.4. The maximum atomic E-state index is 13.0. The molecular formula is C24H23N3O2S2. The molecule has 1 fully saturated rings. The first-order valence-corrected chi connectivity index (χ1v) is 12.2. The van der Waals surface area contributed by atoms with Crippen molar-refractivity contribution in [2.75, 3.05) is 17.7 Å². The molecule has 1 atom stereocenters. The van der Waals surface area contributed by atoms with Gasteiger partial charge in [0.25, 0.3) is 5.91 Å². The molecule has 2 aromatic carbocycles. The lowest BCUT2D eigenvalue weighted by molar-refractivity contribution is 0.102. The van der Waals surface area contributed by atoms with Crippen LogP contribution >= 0.6 is 23.1 Å². The second-order valence-corrected chi connectivity index (χ2v) is 9.52. The summed E-state index contributed by atoms with van der Waals surface area (Å²) in [7, 11) is 0. The van der Waals surface area contributed by atoms with E-state index in [-0.39, 0.29) is 12.0 Å². The van der Waals surface area contributed by atoms with Gasteiger partial charge in [-0.05, 0) is 38.0 Å². The van der Waals surface area contributed by atoms with E-state index in [9.17, 15) is 4.79 Å². The SMILES string of the molecule is Cc1[nH]c2ccccc2c1-c1csc(NC(=O)c2ccccc2SCC2CCCO2)n1. The summed E-state index contributed by atoms with van der Waals surface area (Å²) in [5.74, 6) is 0.734. The molecule has 3 heterocycles. The topological polar surface area (TPSA) is 67.0 Å². The van der Waals surface area contributed by atoms with Crippen LogP contribution in [0.25, 0.3) is 22.2 Å². The van der Waals surface area contributed by atoms with Crippen LogP contribution in [0, 0.1) is 6.92 Å². The van der Waals surface area contributed by atoms with Crippen molar-refractivity contribution in [1.29, 1.82) is 0 Å². The number of carbonyl (C=O) groups is 1. The van der Waals surface area contributed by atoms with Gasteiger partial charge in [0.05, 0.1) is 17.4 Å². The number of benzene rings is 2. The lowest BCUT2D eigenvalue weighted by Gasteiger charge is -2.11. The second-order valence-electron chi connectivity index (χ2n) is 7.60. The second kappa shape index (κ2) is 8.86. The molecule has 1 unspecified atom stereocenters.